The Kier molecular flexibility index (Phi) is 5.21. The van der Waals surface area contributed by atoms with Crippen LogP contribution in [0.25, 0.3) is 0 Å². The van der Waals surface area contributed by atoms with Crippen LogP contribution in [0.5, 0.6) is 0 Å². The normalized spacial score (nSPS) is 21.9. The molecule has 142 valence electrons. The summed E-state index contributed by atoms with van der Waals surface area (Å²) in [6.45, 7) is 9.43. The lowest BCUT2D eigenvalue weighted by molar-refractivity contribution is -0.135. The highest BCUT2D eigenvalue weighted by Crippen LogP contribution is 2.27. The largest absolute Gasteiger partial charge is 0.370 e. The van der Waals surface area contributed by atoms with Crippen molar-refractivity contribution in [1.29, 1.82) is 0 Å². The van der Waals surface area contributed by atoms with Crippen molar-refractivity contribution >= 4 is 17.5 Å². The average Bonchev–Trinajstić information content (AvgIpc) is 2.82. The zero-order chi connectivity index (χ0) is 18.9. The van der Waals surface area contributed by atoms with E-state index in [1.807, 2.05) is 30.6 Å². The van der Waals surface area contributed by atoms with Crippen molar-refractivity contribution in [3.8, 4) is 0 Å². The van der Waals surface area contributed by atoms with Gasteiger partial charge in [-0.3, -0.25) is 9.59 Å². The van der Waals surface area contributed by atoms with Gasteiger partial charge in [0.15, 0.2) is 0 Å². The second kappa shape index (κ2) is 7.25. The van der Waals surface area contributed by atoms with E-state index in [4.69, 9.17) is 0 Å². The summed E-state index contributed by atoms with van der Waals surface area (Å²) in [6, 6.07) is 6.50. The fourth-order valence-electron chi connectivity index (χ4n) is 3.83. The van der Waals surface area contributed by atoms with Crippen molar-refractivity contribution in [2.75, 3.05) is 37.6 Å². The van der Waals surface area contributed by atoms with Crippen molar-refractivity contribution in [2.45, 2.75) is 39.2 Å². The standard InChI is InChI=1S/C20H28FN3O2/c1-20(2,3)24-14-15(13-18(24)25)19(26)23-10-4-9-22(11-12-23)17-7-5-16(21)6-8-17/h5-8,15H,4,9-14H2,1-3H3. The topological polar surface area (TPSA) is 43.9 Å². The van der Waals surface area contributed by atoms with Gasteiger partial charge in [-0.05, 0) is 51.5 Å². The van der Waals surface area contributed by atoms with Crippen LogP contribution in [0.15, 0.2) is 24.3 Å². The first-order valence-corrected chi connectivity index (χ1v) is 9.35. The highest BCUT2D eigenvalue weighted by Gasteiger charge is 2.40. The van der Waals surface area contributed by atoms with E-state index in [0.717, 1.165) is 25.2 Å². The molecule has 0 aliphatic carbocycles. The van der Waals surface area contributed by atoms with Crippen LogP contribution >= 0.6 is 0 Å². The minimum Gasteiger partial charge on any atom is -0.370 e. The first kappa shape index (κ1) is 18.7. The number of anilines is 1. The van der Waals surface area contributed by atoms with Crippen LogP contribution in [0, 0.1) is 11.7 Å². The predicted octanol–water partition coefficient (Wildman–Crippen LogP) is 2.51. The van der Waals surface area contributed by atoms with Gasteiger partial charge in [0.1, 0.15) is 5.82 Å². The van der Waals surface area contributed by atoms with Gasteiger partial charge in [-0.2, -0.15) is 0 Å². The second-order valence-electron chi connectivity index (χ2n) is 8.22. The number of hydrogen-bond acceptors (Lipinski definition) is 3. The maximum atomic E-state index is 13.1. The molecular weight excluding hydrogens is 333 g/mol. The van der Waals surface area contributed by atoms with Gasteiger partial charge in [-0.15, -0.1) is 0 Å². The highest BCUT2D eigenvalue weighted by molar-refractivity contribution is 5.89. The Morgan fingerprint density at radius 3 is 2.38 bits per heavy atom. The fourth-order valence-corrected chi connectivity index (χ4v) is 3.83. The monoisotopic (exact) mass is 361 g/mol. The number of amides is 2. The predicted molar refractivity (Wildman–Crippen MR) is 99.4 cm³/mol. The smallest absolute Gasteiger partial charge is 0.228 e. The number of benzene rings is 1. The van der Waals surface area contributed by atoms with Crippen LogP contribution in [-0.2, 0) is 9.59 Å². The molecule has 6 heteroatoms. The maximum absolute atomic E-state index is 13.1. The molecule has 0 spiro atoms. The molecule has 0 radical (unpaired) electrons. The summed E-state index contributed by atoms with van der Waals surface area (Å²) in [5.41, 5.74) is 0.736. The molecule has 2 aliphatic rings. The van der Waals surface area contributed by atoms with E-state index in [2.05, 4.69) is 4.90 Å². The van der Waals surface area contributed by atoms with E-state index in [0.29, 0.717) is 26.1 Å². The van der Waals surface area contributed by atoms with Gasteiger partial charge in [-0.1, -0.05) is 0 Å². The molecule has 1 unspecified atom stereocenters. The second-order valence-corrected chi connectivity index (χ2v) is 8.22. The minimum absolute atomic E-state index is 0.0682. The van der Waals surface area contributed by atoms with Crippen molar-refractivity contribution in [3.63, 3.8) is 0 Å². The Balaban J connectivity index is 1.61. The molecule has 2 fully saturated rings. The van der Waals surface area contributed by atoms with Crippen LogP contribution in [-0.4, -0.2) is 59.9 Å². The van der Waals surface area contributed by atoms with Gasteiger partial charge in [0, 0.05) is 50.4 Å². The Labute approximate surface area is 154 Å². The zero-order valence-electron chi connectivity index (χ0n) is 15.9. The van der Waals surface area contributed by atoms with Crippen LogP contribution in [0.1, 0.15) is 33.6 Å². The number of likely N-dealkylation sites (tertiary alicyclic amines) is 1. The van der Waals surface area contributed by atoms with Crippen molar-refractivity contribution in [2.24, 2.45) is 5.92 Å². The SMILES string of the molecule is CC(C)(C)N1CC(C(=O)N2CCCN(c3ccc(F)cc3)CC2)CC1=O. The molecule has 0 N–H and O–H groups in total. The fraction of sp³-hybridized carbons (Fsp3) is 0.600. The molecule has 0 aromatic heterocycles. The lowest BCUT2D eigenvalue weighted by Gasteiger charge is -2.32. The first-order chi connectivity index (χ1) is 12.3. The number of carbonyl (C=O) groups excluding carboxylic acids is 2. The summed E-state index contributed by atoms with van der Waals surface area (Å²) in [6.07, 6.45) is 1.18. The maximum Gasteiger partial charge on any atom is 0.228 e. The molecule has 3 rings (SSSR count). The average molecular weight is 361 g/mol. The molecule has 0 bridgehead atoms. The van der Waals surface area contributed by atoms with E-state index in [1.54, 1.807) is 12.1 Å². The van der Waals surface area contributed by atoms with E-state index >= 15 is 0 Å². The summed E-state index contributed by atoms with van der Waals surface area (Å²) >= 11 is 0. The van der Waals surface area contributed by atoms with E-state index in [9.17, 15) is 14.0 Å². The highest BCUT2D eigenvalue weighted by atomic mass is 19.1. The lowest BCUT2D eigenvalue weighted by Crippen LogP contribution is -2.44. The minimum atomic E-state index is -0.246. The van der Waals surface area contributed by atoms with E-state index < -0.39 is 0 Å². The van der Waals surface area contributed by atoms with Crippen LogP contribution < -0.4 is 4.90 Å². The number of rotatable bonds is 2. The van der Waals surface area contributed by atoms with Crippen molar-refractivity contribution < 1.29 is 14.0 Å². The molecular formula is C20H28FN3O2. The summed E-state index contributed by atoms with van der Waals surface area (Å²) in [5, 5.41) is 0. The third-order valence-electron chi connectivity index (χ3n) is 5.28. The number of halogens is 1. The van der Waals surface area contributed by atoms with Gasteiger partial charge in [0.2, 0.25) is 11.8 Å². The van der Waals surface area contributed by atoms with E-state index in [1.165, 1.54) is 12.1 Å². The summed E-state index contributed by atoms with van der Waals surface area (Å²) in [5.74, 6) is -0.321. The molecule has 2 saturated heterocycles. The molecule has 1 atom stereocenters. The molecule has 5 nitrogen and oxygen atoms in total. The van der Waals surface area contributed by atoms with Gasteiger partial charge in [0.25, 0.3) is 0 Å². The summed E-state index contributed by atoms with van der Waals surface area (Å²) in [4.78, 5) is 31.1. The Hall–Kier alpha value is -2.11. The molecule has 26 heavy (non-hydrogen) atoms. The van der Waals surface area contributed by atoms with Gasteiger partial charge in [0.05, 0.1) is 5.92 Å². The Morgan fingerprint density at radius 1 is 1.08 bits per heavy atom. The molecule has 2 amide bonds. The summed E-state index contributed by atoms with van der Waals surface area (Å²) < 4.78 is 13.1. The van der Waals surface area contributed by atoms with E-state index in [-0.39, 0.29) is 29.1 Å². The van der Waals surface area contributed by atoms with Crippen LogP contribution in [0.4, 0.5) is 10.1 Å². The quantitative estimate of drug-likeness (QED) is 0.813. The van der Waals surface area contributed by atoms with Crippen molar-refractivity contribution in [1.82, 2.24) is 9.80 Å². The first-order valence-electron chi connectivity index (χ1n) is 9.35. The van der Waals surface area contributed by atoms with Crippen molar-refractivity contribution in [3.05, 3.63) is 30.1 Å². The molecule has 2 aliphatic heterocycles. The molecule has 1 aromatic carbocycles. The van der Waals surface area contributed by atoms with Gasteiger partial charge < -0.3 is 14.7 Å². The molecule has 1 aromatic rings. The third kappa shape index (κ3) is 4.00. The number of carbonyl (C=O) groups is 2. The van der Waals surface area contributed by atoms with Crippen LogP contribution in [0.3, 0.4) is 0 Å². The van der Waals surface area contributed by atoms with Gasteiger partial charge >= 0.3 is 0 Å². The third-order valence-corrected chi connectivity index (χ3v) is 5.28. The molecule has 0 saturated carbocycles. The summed E-state index contributed by atoms with van der Waals surface area (Å²) in [7, 11) is 0. The number of hydrogen-bond donors (Lipinski definition) is 0. The Bertz CT molecular complexity index is 669. The lowest BCUT2D eigenvalue weighted by atomic mass is 10.1. The Morgan fingerprint density at radius 2 is 1.77 bits per heavy atom. The van der Waals surface area contributed by atoms with Gasteiger partial charge in [-0.25, -0.2) is 4.39 Å². The zero-order valence-corrected chi connectivity index (χ0v) is 15.9. The molecule has 2 heterocycles. The van der Waals surface area contributed by atoms with Crippen LogP contribution in [0.2, 0.25) is 0 Å². The number of nitrogens with zero attached hydrogens (tertiary/aromatic N) is 3.